The molecular weight excluding hydrogens is 340 g/mol. The number of benzene rings is 1. The lowest BCUT2D eigenvalue weighted by Crippen LogP contribution is -2.40. The highest BCUT2D eigenvalue weighted by atomic mass is 16.5. The molecule has 1 aromatic carbocycles. The molecule has 2 heterocycles. The molecule has 2 aliphatic rings. The van der Waals surface area contributed by atoms with Crippen molar-refractivity contribution in [2.45, 2.75) is 50.6 Å². The van der Waals surface area contributed by atoms with Gasteiger partial charge in [-0.1, -0.05) is 25.0 Å². The van der Waals surface area contributed by atoms with E-state index in [0.717, 1.165) is 37.8 Å². The Morgan fingerprint density at radius 3 is 2.56 bits per heavy atom. The van der Waals surface area contributed by atoms with E-state index in [4.69, 9.17) is 4.74 Å². The summed E-state index contributed by atoms with van der Waals surface area (Å²) in [6.45, 7) is 2.24. The summed E-state index contributed by atoms with van der Waals surface area (Å²) in [5.41, 5.74) is 0.531. The zero-order chi connectivity index (χ0) is 18.6. The maximum Gasteiger partial charge on any atom is 0.260 e. The second-order valence-corrected chi connectivity index (χ2v) is 7.52. The number of amides is 1. The predicted molar refractivity (Wildman–Crippen MR) is 105 cm³/mol. The number of piperidine rings is 1. The zero-order valence-electron chi connectivity index (χ0n) is 15.9. The average Bonchev–Trinajstić information content (AvgIpc) is 3.40. The van der Waals surface area contributed by atoms with Gasteiger partial charge in [0.25, 0.3) is 5.91 Å². The minimum atomic E-state index is -0.169. The van der Waals surface area contributed by atoms with E-state index in [1.165, 1.54) is 25.7 Å². The van der Waals surface area contributed by atoms with Gasteiger partial charge < -0.3 is 15.0 Å². The van der Waals surface area contributed by atoms with Crippen LogP contribution < -0.4 is 10.1 Å². The minimum absolute atomic E-state index is 0.169. The highest BCUT2D eigenvalue weighted by Crippen LogP contribution is 2.31. The molecule has 1 saturated carbocycles. The van der Waals surface area contributed by atoms with Crippen LogP contribution in [0.15, 0.2) is 36.5 Å². The van der Waals surface area contributed by atoms with Crippen LogP contribution in [0.25, 0.3) is 0 Å². The molecular formula is C21H28N4O2. The summed E-state index contributed by atoms with van der Waals surface area (Å²) in [6, 6.07) is 10.3. The first-order valence-electron chi connectivity index (χ1n) is 9.98. The molecule has 0 unspecified atom stereocenters. The van der Waals surface area contributed by atoms with Gasteiger partial charge in [-0.2, -0.15) is 5.10 Å². The number of hydrogen-bond acceptors (Lipinski definition) is 4. The Bertz CT molecular complexity index is 774. The Hall–Kier alpha value is -2.34. The Balaban J connectivity index is 1.42. The van der Waals surface area contributed by atoms with Crippen molar-refractivity contribution in [2.24, 2.45) is 0 Å². The van der Waals surface area contributed by atoms with Crippen molar-refractivity contribution in [3.8, 4) is 5.75 Å². The van der Waals surface area contributed by atoms with E-state index in [-0.39, 0.29) is 5.91 Å². The number of aromatic nitrogens is 2. The normalized spacial score (nSPS) is 19.3. The molecule has 6 heteroatoms. The first-order valence-corrected chi connectivity index (χ1v) is 9.98. The molecule has 1 N–H and O–H groups in total. The van der Waals surface area contributed by atoms with Crippen molar-refractivity contribution in [1.82, 2.24) is 14.7 Å². The lowest BCUT2D eigenvalue weighted by atomic mass is 10.0. The number of nitrogens with zero attached hydrogens (tertiary/aromatic N) is 3. The van der Waals surface area contributed by atoms with E-state index in [1.54, 1.807) is 25.4 Å². The number of ether oxygens (including phenoxy) is 1. The molecule has 1 amide bonds. The van der Waals surface area contributed by atoms with Crippen molar-refractivity contribution in [2.75, 3.05) is 25.5 Å². The van der Waals surface area contributed by atoms with Crippen LogP contribution >= 0.6 is 0 Å². The standard InChI is InChI=1S/C21H28N4O2/c1-27-19-9-5-4-8-18(19)21(26)23-20-10-13-22-25(20)17-11-14-24(15-12-17)16-6-2-3-7-16/h4-5,8-10,13,16-17H,2-3,6-7,11-12,14-15H2,1H3,(H,23,26). The number of likely N-dealkylation sites (tertiary alicyclic amines) is 1. The summed E-state index contributed by atoms with van der Waals surface area (Å²) in [4.78, 5) is 15.4. The van der Waals surface area contributed by atoms with Gasteiger partial charge in [-0.15, -0.1) is 0 Å². The smallest absolute Gasteiger partial charge is 0.260 e. The lowest BCUT2D eigenvalue weighted by molar-refractivity contribution is 0.102. The van der Waals surface area contributed by atoms with Crippen LogP contribution in [-0.4, -0.2) is 46.8 Å². The number of methoxy groups -OCH3 is 1. The molecule has 0 bridgehead atoms. The van der Waals surface area contributed by atoms with Crippen LogP contribution in [0.1, 0.15) is 54.9 Å². The Morgan fingerprint density at radius 1 is 1.07 bits per heavy atom. The third kappa shape index (κ3) is 3.86. The van der Waals surface area contributed by atoms with Gasteiger partial charge in [0.15, 0.2) is 0 Å². The Kier molecular flexibility index (Phi) is 5.43. The summed E-state index contributed by atoms with van der Waals surface area (Å²) in [5.74, 6) is 1.16. The van der Waals surface area contributed by atoms with E-state index in [2.05, 4.69) is 15.3 Å². The van der Waals surface area contributed by atoms with E-state index in [9.17, 15) is 4.79 Å². The van der Waals surface area contributed by atoms with Crippen LogP contribution in [0.4, 0.5) is 5.82 Å². The summed E-state index contributed by atoms with van der Waals surface area (Å²) in [7, 11) is 1.58. The first kappa shape index (κ1) is 18.0. The van der Waals surface area contributed by atoms with Gasteiger partial charge in [-0.25, -0.2) is 4.68 Å². The third-order valence-corrected chi connectivity index (χ3v) is 5.95. The summed E-state index contributed by atoms with van der Waals surface area (Å²) < 4.78 is 7.29. The molecule has 2 aromatic rings. The summed E-state index contributed by atoms with van der Waals surface area (Å²) >= 11 is 0. The number of hydrogen-bond donors (Lipinski definition) is 1. The van der Waals surface area contributed by atoms with Crippen LogP contribution in [0, 0.1) is 0 Å². The molecule has 144 valence electrons. The van der Waals surface area contributed by atoms with Gasteiger partial charge in [0, 0.05) is 25.2 Å². The van der Waals surface area contributed by atoms with Crippen molar-refractivity contribution < 1.29 is 9.53 Å². The zero-order valence-corrected chi connectivity index (χ0v) is 15.9. The number of para-hydroxylation sites is 1. The molecule has 4 rings (SSSR count). The van der Waals surface area contributed by atoms with Gasteiger partial charge in [0.05, 0.1) is 24.9 Å². The maximum atomic E-state index is 12.7. The van der Waals surface area contributed by atoms with E-state index < -0.39 is 0 Å². The molecule has 1 aromatic heterocycles. The molecule has 1 aliphatic heterocycles. The molecule has 27 heavy (non-hydrogen) atoms. The van der Waals surface area contributed by atoms with Crippen molar-refractivity contribution in [3.63, 3.8) is 0 Å². The van der Waals surface area contributed by atoms with Gasteiger partial charge in [0.2, 0.25) is 0 Å². The molecule has 1 aliphatic carbocycles. The average molecular weight is 368 g/mol. The van der Waals surface area contributed by atoms with Gasteiger partial charge in [-0.3, -0.25) is 4.79 Å². The highest BCUT2D eigenvalue weighted by molar-refractivity contribution is 6.05. The Labute approximate surface area is 160 Å². The molecule has 0 radical (unpaired) electrons. The first-order chi connectivity index (χ1) is 13.3. The maximum absolute atomic E-state index is 12.7. The number of carbonyl (C=O) groups is 1. The molecule has 2 fully saturated rings. The minimum Gasteiger partial charge on any atom is -0.496 e. The second-order valence-electron chi connectivity index (χ2n) is 7.52. The van der Waals surface area contributed by atoms with Crippen LogP contribution in [0.5, 0.6) is 5.75 Å². The van der Waals surface area contributed by atoms with Gasteiger partial charge in [0.1, 0.15) is 11.6 Å². The van der Waals surface area contributed by atoms with E-state index >= 15 is 0 Å². The van der Waals surface area contributed by atoms with Crippen LogP contribution in [0.3, 0.4) is 0 Å². The van der Waals surface area contributed by atoms with Gasteiger partial charge in [-0.05, 0) is 37.8 Å². The van der Waals surface area contributed by atoms with E-state index in [0.29, 0.717) is 17.4 Å². The summed E-state index contributed by atoms with van der Waals surface area (Å²) in [6.07, 6.45) is 9.39. The Morgan fingerprint density at radius 2 is 1.81 bits per heavy atom. The largest absolute Gasteiger partial charge is 0.496 e. The molecule has 6 nitrogen and oxygen atoms in total. The third-order valence-electron chi connectivity index (χ3n) is 5.95. The fourth-order valence-corrected chi connectivity index (χ4v) is 4.49. The fraction of sp³-hybridized carbons (Fsp3) is 0.524. The number of anilines is 1. The second kappa shape index (κ2) is 8.13. The van der Waals surface area contributed by atoms with Crippen molar-refractivity contribution in [3.05, 3.63) is 42.1 Å². The van der Waals surface area contributed by atoms with Crippen molar-refractivity contribution >= 4 is 11.7 Å². The monoisotopic (exact) mass is 368 g/mol. The SMILES string of the molecule is COc1ccccc1C(=O)Nc1ccnn1C1CCN(C2CCCC2)CC1. The quantitative estimate of drug-likeness (QED) is 0.874. The summed E-state index contributed by atoms with van der Waals surface area (Å²) in [5, 5.41) is 7.52. The highest BCUT2D eigenvalue weighted by Gasteiger charge is 2.29. The predicted octanol–water partition coefficient (Wildman–Crippen LogP) is 3.72. The van der Waals surface area contributed by atoms with E-state index in [1.807, 2.05) is 22.9 Å². The molecule has 0 atom stereocenters. The van der Waals surface area contributed by atoms with Crippen LogP contribution in [0.2, 0.25) is 0 Å². The lowest BCUT2D eigenvalue weighted by Gasteiger charge is -2.36. The molecule has 1 saturated heterocycles. The number of carbonyl (C=O) groups excluding carboxylic acids is 1. The van der Waals surface area contributed by atoms with Gasteiger partial charge >= 0.3 is 0 Å². The number of rotatable bonds is 5. The van der Waals surface area contributed by atoms with Crippen molar-refractivity contribution in [1.29, 1.82) is 0 Å². The topological polar surface area (TPSA) is 59.4 Å². The van der Waals surface area contributed by atoms with Crippen LogP contribution in [-0.2, 0) is 0 Å². The fourth-order valence-electron chi connectivity index (χ4n) is 4.49. The number of nitrogens with one attached hydrogen (secondary N) is 1. The molecule has 0 spiro atoms.